The van der Waals surface area contributed by atoms with E-state index in [1.807, 2.05) is 38.1 Å². The molecule has 0 aliphatic carbocycles. The van der Waals surface area contributed by atoms with Gasteiger partial charge in [0, 0.05) is 37.3 Å². The van der Waals surface area contributed by atoms with Crippen molar-refractivity contribution in [3.05, 3.63) is 41.3 Å². The Labute approximate surface area is 228 Å². The molecule has 1 aliphatic heterocycles. The Kier molecular flexibility index (Phi) is 9.61. The molecular weight excluding hydrogens is 504 g/mol. The number of nitrogens with zero attached hydrogens (tertiary/aromatic N) is 5. The van der Waals surface area contributed by atoms with Crippen molar-refractivity contribution in [3.8, 4) is 28.4 Å². The summed E-state index contributed by atoms with van der Waals surface area (Å²) in [6, 6.07) is 7.66. The zero-order chi connectivity index (χ0) is 27.2. The lowest BCUT2D eigenvalue weighted by Gasteiger charge is -2.36. The largest absolute Gasteiger partial charge is 0.491 e. The highest BCUT2D eigenvalue weighted by molar-refractivity contribution is 7.96. The van der Waals surface area contributed by atoms with Crippen molar-refractivity contribution in [2.24, 2.45) is 0 Å². The van der Waals surface area contributed by atoms with E-state index in [4.69, 9.17) is 24.0 Å². The molecule has 2 atom stereocenters. The molecule has 0 radical (unpaired) electrons. The van der Waals surface area contributed by atoms with E-state index in [2.05, 4.69) is 39.9 Å². The van der Waals surface area contributed by atoms with Crippen LogP contribution in [0.3, 0.4) is 0 Å². The Balaban J connectivity index is 1.73. The number of hydrogen-bond donors (Lipinski definition) is 2. The van der Waals surface area contributed by atoms with Crippen LogP contribution in [0, 0.1) is 20.8 Å². The molecule has 2 aromatic heterocycles. The fourth-order valence-corrected chi connectivity index (χ4v) is 4.92. The van der Waals surface area contributed by atoms with Gasteiger partial charge in [-0.15, -0.1) is 0 Å². The van der Waals surface area contributed by atoms with Gasteiger partial charge >= 0.3 is 0 Å². The summed E-state index contributed by atoms with van der Waals surface area (Å²) in [4.78, 5) is 12.4. The van der Waals surface area contributed by atoms with Gasteiger partial charge in [-0.25, -0.2) is 9.97 Å². The number of aliphatic hydroxyl groups is 1. The molecule has 4 rings (SSSR count). The fraction of sp³-hybridized carbons (Fsp3) is 0.519. The first-order valence-corrected chi connectivity index (χ1v) is 14.0. The van der Waals surface area contributed by atoms with E-state index in [0.717, 1.165) is 59.3 Å². The highest BCUT2D eigenvalue weighted by Crippen LogP contribution is 2.35. The van der Waals surface area contributed by atoms with E-state index in [0.29, 0.717) is 24.7 Å². The molecule has 1 fully saturated rings. The van der Waals surface area contributed by atoms with Crippen molar-refractivity contribution < 1.29 is 19.1 Å². The summed E-state index contributed by atoms with van der Waals surface area (Å²) in [6.45, 7) is 9.47. The van der Waals surface area contributed by atoms with Gasteiger partial charge in [-0.1, -0.05) is 29.2 Å². The Hall–Kier alpha value is -2.70. The predicted octanol–water partition coefficient (Wildman–Crippen LogP) is 3.10. The molecule has 0 spiro atoms. The van der Waals surface area contributed by atoms with Gasteiger partial charge in [0.25, 0.3) is 0 Å². The molecule has 11 heteroatoms. The van der Waals surface area contributed by atoms with Gasteiger partial charge in [-0.2, -0.15) is 0 Å². The van der Waals surface area contributed by atoms with E-state index < -0.39 is 6.10 Å². The number of nitrogens with one attached hydrogen (secondary N) is 1. The topological polar surface area (TPSA) is 109 Å². The van der Waals surface area contributed by atoms with Gasteiger partial charge in [0.05, 0.1) is 29.7 Å². The van der Waals surface area contributed by atoms with Crippen molar-refractivity contribution in [1.82, 2.24) is 24.7 Å². The smallest absolute Gasteiger partial charge is 0.162 e. The van der Waals surface area contributed by atoms with E-state index in [9.17, 15) is 5.11 Å². The molecule has 3 heterocycles. The lowest BCUT2D eigenvalue weighted by molar-refractivity contribution is 0.0328. The Morgan fingerprint density at radius 2 is 2.11 bits per heavy atom. The van der Waals surface area contributed by atoms with Crippen LogP contribution >= 0.6 is 11.9 Å². The van der Waals surface area contributed by atoms with Crippen molar-refractivity contribution in [2.45, 2.75) is 33.0 Å². The monoisotopic (exact) mass is 542 g/mol. The van der Waals surface area contributed by atoms with Crippen LogP contribution in [0.1, 0.15) is 17.0 Å². The summed E-state index contributed by atoms with van der Waals surface area (Å²) in [7, 11) is 3.87. The number of benzene rings is 1. The Morgan fingerprint density at radius 3 is 2.82 bits per heavy atom. The number of likely N-dealkylation sites (N-methyl/N-ethyl adjacent to an activating group) is 2. The first-order chi connectivity index (χ1) is 18.3. The minimum absolute atomic E-state index is 0.0716. The van der Waals surface area contributed by atoms with Crippen LogP contribution in [0.5, 0.6) is 5.75 Å². The standard InChI is InChI=1S/C27H38N6O4S/c1-17-25(24-18(2)31-37-19(24)3)29-26(20-8-7-9-22(12-20)36-16-21(34)13-28-4)30-27(17)33-10-11-35-23(15-33)14-32(5)38-6/h7-9,12,21,23,28,34H,10-11,13-16H2,1-6H3. The maximum atomic E-state index is 10.0. The maximum Gasteiger partial charge on any atom is 0.162 e. The number of rotatable bonds is 11. The molecular formula is C27H38N6O4S. The lowest BCUT2D eigenvalue weighted by Crippen LogP contribution is -2.46. The summed E-state index contributed by atoms with van der Waals surface area (Å²) < 4.78 is 19.6. The first kappa shape index (κ1) is 28.3. The second-order valence-electron chi connectivity index (χ2n) is 9.53. The van der Waals surface area contributed by atoms with Crippen LogP contribution in [0.2, 0.25) is 0 Å². The van der Waals surface area contributed by atoms with Gasteiger partial charge < -0.3 is 29.3 Å². The van der Waals surface area contributed by atoms with Gasteiger partial charge in [-0.3, -0.25) is 4.31 Å². The number of aromatic nitrogens is 3. The van der Waals surface area contributed by atoms with E-state index in [1.54, 1.807) is 19.0 Å². The van der Waals surface area contributed by atoms with Crippen LogP contribution in [0.4, 0.5) is 5.82 Å². The van der Waals surface area contributed by atoms with Crippen molar-refractivity contribution in [1.29, 1.82) is 0 Å². The fourth-order valence-electron chi connectivity index (χ4n) is 4.60. The van der Waals surface area contributed by atoms with Gasteiger partial charge in [-0.05, 0) is 53.3 Å². The van der Waals surface area contributed by atoms with Crippen LogP contribution in [-0.4, -0.2) is 96.5 Å². The minimum Gasteiger partial charge on any atom is -0.491 e. The quantitative estimate of drug-likeness (QED) is 0.349. The summed E-state index contributed by atoms with van der Waals surface area (Å²) >= 11 is 1.69. The third-order valence-corrected chi connectivity index (χ3v) is 7.35. The average molecular weight is 543 g/mol. The average Bonchev–Trinajstić information content (AvgIpc) is 3.25. The minimum atomic E-state index is -0.601. The molecule has 0 amide bonds. The van der Waals surface area contributed by atoms with E-state index in [1.165, 1.54) is 0 Å². The molecule has 1 saturated heterocycles. The number of aliphatic hydroxyl groups excluding tert-OH is 1. The summed E-state index contributed by atoms with van der Waals surface area (Å²) in [5.41, 5.74) is 4.29. The predicted molar refractivity (Wildman–Crippen MR) is 151 cm³/mol. The highest BCUT2D eigenvalue weighted by Gasteiger charge is 2.27. The van der Waals surface area contributed by atoms with Crippen LogP contribution in [0.15, 0.2) is 28.8 Å². The summed E-state index contributed by atoms with van der Waals surface area (Å²) in [6.07, 6.45) is 1.54. The second-order valence-corrected chi connectivity index (χ2v) is 10.5. The van der Waals surface area contributed by atoms with Gasteiger partial charge in [0.2, 0.25) is 0 Å². The molecule has 1 aliphatic rings. The maximum absolute atomic E-state index is 10.0. The normalized spacial score (nSPS) is 16.7. The van der Waals surface area contributed by atoms with E-state index in [-0.39, 0.29) is 12.7 Å². The van der Waals surface area contributed by atoms with Crippen molar-refractivity contribution in [3.63, 3.8) is 0 Å². The molecule has 38 heavy (non-hydrogen) atoms. The van der Waals surface area contributed by atoms with Crippen LogP contribution < -0.4 is 15.0 Å². The Morgan fingerprint density at radius 1 is 1.29 bits per heavy atom. The Bertz CT molecular complexity index is 1200. The third-order valence-electron chi connectivity index (χ3n) is 6.58. The van der Waals surface area contributed by atoms with Crippen molar-refractivity contribution >= 4 is 17.8 Å². The first-order valence-electron chi connectivity index (χ1n) is 12.8. The molecule has 3 aromatic rings. The zero-order valence-electron chi connectivity index (χ0n) is 23.0. The SMILES string of the molecule is CNCC(O)COc1cccc(-c2nc(-c3c(C)noc3C)c(C)c(N3CCOC(CN(C)SC)C3)n2)c1. The summed E-state index contributed by atoms with van der Waals surface area (Å²) in [5.74, 6) is 2.83. The third kappa shape index (κ3) is 6.65. The number of ether oxygens (including phenoxy) is 2. The molecule has 10 nitrogen and oxygen atoms in total. The van der Waals surface area contributed by atoms with Gasteiger partial charge in [0.1, 0.15) is 30.0 Å². The molecule has 0 bridgehead atoms. The molecule has 0 saturated carbocycles. The van der Waals surface area contributed by atoms with Crippen molar-refractivity contribution in [2.75, 3.05) is 64.6 Å². The number of aryl methyl sites for hydroxylation is 2. The zero-order valence-corrected chi connectivity index (χ0v) is 23.8. The number of morpholine rings is 1. The number of anilines is 1. The molecule has 206 valence electrons. The number of hydrogen-bond acceptors (Lipinski definition) is 11. The lowest BCUT2D eigenvalue weighted by atomic mass is 10.0. The summed E-state index contributed by atoms with van der Waals surface area (Å²) in [5, 5.41) is 17.2. The molecule has 2 N–H and O–H groups in total. The molecule has 2 unspecified atom stereocenters. The van der Waals surface area contributed by atoms with Crippen LogP contribution in [-0.2, 0) is 4.74 Å². The highest BCUT2D eigenvalue weighted by atomic mass is 32.2. The van der Waals surface area contributed by atoms with Crippen LogP contribution in [0.25, 0.3) is 22.6 Å². The second kappa shape index (κ2) is 12.9. The van der Waals surface area contributed by atoms with E-state index >= 15 is 0 Å². The molecule has 1 aromatic carbocycles. The van der Waals surface area contributed by atoms with Gasteiger partial charge in [0.15, 0.2) is 5.82 Å².